The van der Waals surface area contributed by atoms with Gasteiger partial charge in [0.1, 0.15) is 6.61 Å². The van der Waals surface area contributed by atoms with Crippen LogP contribution in [0.1, 0.15) is 192 Å². The van der Waals surface area contributed by atoms with Gasteiger partial charge < -0.3 is 76.3 Å². The van der Waals surface area contributed by atoms with Gasteiger partial charge in [0.25, 0.3) is 0 Å². The molecule has 0 spiro atoms. The van der Waals surface area contributed by atoms with Crippen LogP contribution in [0.4, 0.5) is 0 Å². The number of esters is 1. The Labute approximate surface area is 691 Å². The Bertz CT molecular complexity index is 1350. The fraction of sp³-hybridized carbons (Fsp3) is 0.831. The first kappa shape index (κ1) is 125. The normalized spacial score (nSPS) is 11.4. The van der Waals surface area contributed by atoms with Crippen LogP contribution in [0.5, 0.6) is 0 Å². The molecule has 0 aliphatic heterocycles. The third kappa shape index (κ3) is 128. The number of hydrogen-bond donors (Lipinski definition) is 2. The van der Waals surface area contributed by atoms with Gasteiger partial charge in [0.2, 0.25) is 0 Å². The third-order valence-electron chi connectivity index (χ3n) is 8.33. The number of nitrogens with zero attached hydrogens (tertiary/aromatic N) is 3. The van der Waals surface area contributed by atoms with Crippen LogP contribution in [0.25, 0.3) is 5.32 Å². The summed E-state index contributed by atoms with van der Waals surface area (Å²) in [7, 11) is 3.13. The molecule has 0 aliphatic rings. The van der Waals surface area contributed by atoms with Crippen LogP contribution < -0.4 is 0 Å². The molecule has 3 atom stereocenters. The predicted octanol–water partition coefficient (Wildman–Crippen LogP) is 12.3. The molecule has 0 rings (SSSR count). The number of rotatable bonds is 25. The average Bonchev–Trinajstić information content (AvgIpc) is 3.20. The summed E-state index contributed by atoms with van der Waals surface area (Å²) in [6.07, 6.45) is 9.66. The van der Waals surface area contributed by atoms with Crippen molar-refractivity contribution in [3.05, 3.63) is 23.1 Å². The van der Waals surface area contributed by atoms with E-state index in [0.717, 1.165) is 12.8 Å². The van der Waals surface area contributed by atoms with E-state index in [1.807, 2.05) is 86.0 Å². The Hall–Kier alpha value is 4.77. The second-order valence-corrected chi connectivity index (χ2v) is 26.1. The zero-order valence-electron chi connectivity index (χ0n) is 57.6. The van der Waals surface area contributed by atoms with Crippen LogP contribution in [0.2, 0.25) is 0 Å². The van der Waals surface area contributed by atoms with Crippen molar-refractivity contribution in [1.82, 2.24) is 9.80 Å². The molecular weight excluding hydrogens is 1610 g/mol. The second-order valence-electron chi connectivity index (χ2n) is 25.2. The van der Waals surface area contributed by atoms with E-state index < -0.39 is 11.9 Å². The van der Waals surface area contributed by atoms with Gasteiger partial charge in [-0.25, -0.2) is 0 Å². The average molecular weight is 1730 g/mol. The molecule has 0 heterocycles. The molecule has 7 radical (unpaired) electrons. The molecule has 0 aliphatic carbocycles. The van der Waals surface area contributed by atoms with Crippen LogP contribution in [0.15, 0.2) is 0 Å². The Kier molecular flexibility index (Phi) is 116. The summed E-state index contributed by atoms with van der Waals surface area (Å²) >= 11 is 1.60. The molecule has 0 fully saturated rings. The van der Waals surface area contributed by atoms with Crippen molar-refractivity contribution in [3.8, 4) is 0 Å². The van der Waals surface area contributed by atoms with Gasteiger partial charge in [0, 0.05) is 287 Å². The van der Waals surface area contributed by atoms with Gasteiger partial charge in [0.05, 0.1) is 25.0 Å². The van der Waals surface area contributed by atoms with Crippen LogP contribution in [-0.2, 0) is 281 Å². The molecule has 0 aromatic rings. The van der Waals surface area contributed by atoms with Crippen LogP contribution in [0.3, 0.4) is 0 Å². The topological polar surface area (TPSA) is 217 Å². The summed E-state index contributed by atoms with van der Waals surface area (Å²) in [6, 6.07) is 0. The van der Waals surface area contributed by atoms with Gasteiger partial charge in [-0.15, -0.1) is 12.5 Å². The molecule has 3 unspecified atom stereocenters. The minimum absolute atomic E-state index is 0. The fourth-order valence-electron chi connectivity index (χ4n) is 5.46. The summed E-state index contributed by atoms with van der Waals surface area (Å²) in [5.74, 6) is 2.60. The number of thioether (sulfide) groups is 1. The number of methoxy groups -OCH3 is 2. The molecule has 0 saturated carbocycles. The number of carbonyl (C=O) groups is 3. The summed E-state index contributed by atoms with van der Waals surface area (Å²) in [6.45, 7) is 55.5. The first-order chi connectivity index (χ1) is 34.3. The maximum Gasteiger partial charge on any atom is 0.308 e. The summed E-state index contributed by atoms with van der Waals surface area (Å²) < 4.78 is 19.1. The SMILES string of the molecule is CC(=O)OCCN(CCO[C-]=O)C(C)(C)C.CC(C)(C)N(C[C-]=O)C[N-]C[C-]=O.COCC(CC(C)(C)C)C(=O)O.COCC([C-]=O)CC(C)(C)C.CSCC(CC(C)(C)C)C(=O)O.C[C-](C)C.C[C-](C)C.C[C-](C)C.[Y].[Y].[Y].[Y].[Y].[Y].[Y]. The van der Waals surface area contributed by atoms with Crippen molar-refractivity contribution >= 4 is 55.0 Å². The molecular formula is C59H115N3O13SY7-8. The standard InChI is InChI=1S/C11H20NO4.C9H15N2O2.C9H18O3.C9H18O2S.C9H17O2.3C4H9.7Y/c1-10(14)16-8-6-12(11(2,3)4)5-7-15-9-13;1-9(2,3)11(5-7-13)8-10-4-6-12;2*1-9(2,3)5-7(6-12-4)8(10)11;1-9(2,3)5-8(6-10)7-11-4;3*1-4(2)3;;;;;;;/h5-8H2,1-4H3;4-5,8H2,1-3H3;2*7H,5-6H2,1-4H3,(H,10,11);8H,5,7H2,1-4H3;3*1-3H3;;;;;;;/q-1;-3;;;4*-1;;;;;;;. The van der Waals surface area contributed by atoms with E-state index in [9.17, 15) is 33.6 Å². The Morgan fingerprint density at radius 1 is 0.554 bits per heavy atom. The number of carboxylic acids is 2. The Balaban J connectivity index is -0.0000000501. The number of carboxylic acid groups (broad SMARTS) is 2. The predicted molar refractivity (Wildman–Crippen MR) is 317 cm³/mol. The first-order valence-electron chi connectivity index (χ1n) is 25.9. The second kappa shape index (κ2) is 77.5. The largest absolute Gasteiger partial charge is 0.673 e. The first-order valence-corrected chi connectivity index (χ1v) is 27.3. The van der Waals surface area contributed by atoms with E-state index >= 15 is 0 Å². The molecule has 83 heavy (non-hydrogen) atoms. The molecule has 0 bridgehead atoms. The molecule has 0 amide bonds. The van der Waals surface area contributed by atoms with Gasteiger partial charge in [-0.3, -0.25) is 44.7 Å². The number of hydrogen-bond acceptors (Lipinski definition) is 14. The summed E-state index contributed by atoms with van der Waals surface area (Å²) in [5, 5.41) is 21.5. The minimum atomic E-state index is -0.772. The van der Waals surface area contributed by atoms with Gasteiger partial charge in [-0.2, -0.15) is 74.1 Å². The molecule has 24 heteroatoms. The summed E-state index contributed by atoms with van der Waals surface area (Å²) in [5.41, 5.74) is 0.136. The molecule has 2 N–H and O–H groups in total. The summed E-state index contributed by atoms with van der Waals surface area (Å²) in [4.78, 5) is 76.3. The van der Waals surface area contributed by atoms with Crippen molar-refractivity contribution in [2.45, 2.75) is 203 Å². The molecule has 0 saturated heterocycles. The van der Waals surface area contributed by atoms with Gasteiger partial charge >= 0.3 is 17.9 Å². The van der Waals surface area contributed by atoms with Crippen molar-refractivity contribution in [1.29, 1.82) is 0 Å². The van der Waals surface area contributed by atoms with Crippen molar-refractivity contribution in [3.63, 3.8) is 0 Å². The van der Waals surface area contributed by atoms with Gasteiger partial charge in [-0.1, -0.05) is 81.9 Å². The van der Waals surface area contributed by atoms with Gasteiger partial charge in [-0.05, 0) is 76.9 Å². The monoisotopic (exact) mass is 1730 g/mol. The number of carbonyl (C=O) groups excluding carboxylic acids is 5. The molecule has 0 aromatic heterocycles. The van der Waals surface area contributed by atoms with E-state index in [1.165, 1.54) is 38.3 Å². The van der Waals surface area contributed by atoms with E-state index in [4.69, 9.17) is 24.4 Å². The zero-order valence-corrected chi connectivity index (χ0v) is 78.3. The Morgan fingerprint density at radius 2 is 0.904 bits per heavy atom. The fourth-order valence-corrected chi connectivity index (χ4v) is 6.13. The molecule has 479 valence electrons. The van der Waals surface area contributed by atoms with E-state index in [-0.39, 0.29) is 293 Å². The molecule has 16 nitrogen and oxygen atoms in total. The van der Waals surface area contributed by atoms with E-state index in [2.05, 4.69) is 119 Å². The maximum atomic E-state index is 10.8. The smallest absolute Gasteiger partial charge is 0.308 e. The maximum absolute atomic E-state index is 10.8. The number of aliphatic carboxylic acids is 2. The van der Waals surface area contributed by atoms with Crippen molar-refractivity contribution in [2.75, 3.05) is 85.5 Å². The number of ether oxygens (including phenoxy) is 4. The quantitative estimate of drug-likeness (QED) is 0.0493. The van der Waals surface area contributed by atoms with Crippen molar-refractivity contribution in [2.24, 2.45) is 34.0 Å². The Morgan fingerprint density at radius 3 is 1.16 bits per heavy atom. The van der Waals surface area contributed by atoms with Crippen LogP contribution in [-0.4, -0.2) is 160 Å². The zero-order chi connectivity index (χ0) is 62.1. The van der Waals surface area contributed by atoms with Crippen LogP contribution >= 0.6 is 11.8 Å². The van der Waals surface area contributed by atoms with E-state index in [1.54, 1.807) is 25.2 Å². The third-order valence-corrected chi connectivity index (χ3v) is 9.07. The minimum Gasteiger partial charge on any atom is -0.673 e. The van der Waals surface area contributed by atoms with Crippen molar-refractivity contribution < 1.29 is 292 Å². The van der Waals surface area contributed by atoms with Gasteiger partial charge in [0.15, 0.2) is 0 Å². The van der Waals surface area contributed by atoms with E-state index in [0.29, 0.717) is 58.4 Å². The van der Waals surface area contributed by atoms with Crippen LogP contribution in [0, 0.1) is 51.8 Å². The molecule has 0 aromatic carbocycles.